The topological polar surface area (TPSA) is 72.6 Å². The molecular weight excluding hydrogens is 475 g/mol. The molecular formula is C29H32F3N5. The van der Waals surface area contributed by atoms with Gasteiger partial charge in [-0.25, -0.2) is 18.2 Å². The summed E-state index contributed by atoms with van der Waals surface area (Å²) in [6.45, 7) is 9.76. The fourth-order valence-electron chi connectivity index (χ4n) is 4.47. The zero-order valence-corrected chi connectivity index (χ0v) is 21.7. The summed E-state index contributed by atoms with van der Waals surface area (Å²) in [5.74, 6) is -1.90. The number of nitrogens with zero attached hydrogens (tertiary/aromatic N) is 3. The molecule has 2 aromatic rings. The van der Waals surface area contributed by atoms with E-state index in [0.29, 0.717) is 48.7 Å². The highest BCUT2D eigenvalue weighted by atomic mass is 19.1. The molecule has 37 heavy (non-hydrogen) atoms. The molecule has 0 heterocycles. The number of fused-ring (bicyclic) bond motifs is 1. The van der Waals surface area contributed by atoms with E-state index in [1.54, 1.807) is 19.2 Å². The molecule has 0 aliphatic heterocycles. The van der Waals surface area contributed by atoms with Gasteiger partial charge in [0.1, 0.15) is 23.2 Å². The predicted octanol–water partition coefficient (Wildman–Crippen LogP) is 6.25. The number of rotatable bonds is 10. The Balaban J connectivity index is 2.22. The van der Waals surface area contributed by atoms with Crippen molar-refractivity contribution in [2.24, 2.45) is 9.98 Å². The van der Waals surface area contributed by atoms with Crippen molar-refractivity contribution in [1.29, 1.82) is 5.26 Å². The minimum Gasteiger partial charge on any atom is -0.369 e. The van der Waals surface area contributed by atoms with Crippen molar-refractivity contribution in [3.63, 3.8) is 0 Å². The van der Waals surface area contributed by atoms with Crippen molar-refractivity contribution in [3.05, 3.63) is 75.9 Å². The molecule has 0 fully saturated rings. The van der Waals surface area contributed by atoms with Crippen LogP contribution in [-0.4, -0.2) is 38.6 Å². The molecule has 0 radical (unpaired) electrons. The number of allylic oxidation sites excluding steroid dienone is 5. The molecule has 8 heteroatoms. The van der Waals surface area contributed by atoms with Crippen LogP contribution < -0.4 is 10.6 Å². The van der Waals surface area contributed by atoms with E-state index < -0.39 is 17.5 Å². The summed E-state index contributed by atoms with van der Waals surface area (Å²) < 4.78 is 46.8. The lowest BCUT2D eigenvalue weighted by molar-refractivity contribution is 0.596. The summed E-state index contributed by atoms with van der Waals surface area (Å²) in [7, 11) is 1.68. The highest BCUT2D eigenvalue weighted by molar-refractivity contribution is 6.21. The van der Waals surface area contributed by atoms with Gasteiger partial charge in [-0.3, -0.25) is 4.99 Å². The first-order valence-corrected chi connectivity index (χ1v) is 12.4. The van der Waals surface area contributed by atoms with E-state index >= 15 is 8.78 Å². The Bertz CT molecular complexity index is 1360. The van der Waals surface area contributed by atoms with Crippen molar-refractivity contribution in [2.45, 2.75) is 46.1 Å². The largest absolute Gasteiger partial charge is 0.369 e. The van der Waals surface area contributed by atoms with Gasteiger partial charge in [0.05, 0.1) is 17.7 Å². The van der Waals surface area contributed by atoms with E-state index in [1.165, 1.54) is 12.1 Å². The van der Waals surface area contributed by atoms with Crippen LogP contribution >= 0.6 is 0 Å². The number of nitrogens with one attached hydrogen (secondary N) is 2. The zero-order chi connectivity index (χ0) is 27.1. The number of benzene rings is 2. The molecule has 5 nitrogen and oxygen atoms in total. The van der Waals surface area contributed by atoms with E-state index in [2.05, 4.69) is 33.4 Å². The second-order valence-corrected chi connectivity index (χ2v) is 8.81. The van der Waals surface area contributed by atoms with Crippen LogP contribution in [-0.2, 0) is 6.42 Å². The van der Waals surface area contributed by atoms with Crippen LogP contribution in [0.5, 0.6) is 0 Å². The maximum Gasteiger partial charge on any atom is 0.159 e. The fourth-order valence-corrected chi connectivity index (χ4v) is 4.47. The molecule has 2 N–H and O–H groups in total. The van der Waals surface area contributed by atoms with Gasteiger partial charge in [-0.05, 0) is 79.6 Å². The van der Waals surface area contributed by atoms with Gasteiger partial charge in [0.25, 0.3) is 0 Å². The minimum absolute atomic E-state index is 0.0392. The zero-order valence-electron chi connectivity index (χ0n) is 21.7. The predicted molar refractivity (Wildman–Crippen MR) is 145 cm³/mol. The normalized spacial score (nSPS) is 17.0. The van der Waals surface area contributed by atoms with Crippen molar-refractivity contribution >= 4 is 28.8 Å². The lowest BCUT2D eigenvalue weighted by atomic mass is 9.87. The van der Waals surface area contributed by atoms with Crippen molar-refractivity contribution < 1.29 is 13.2 Å². The Morgan fingerprint density at radius 1 is 1.19 bits per heavy atom. The molecule has 3 rings (SSSR count). The summed E-state index contributed by atoms with van der Waals surface area (Å²) in [5, 5.41) is 16.3. The molecule has 0 amide bonds. The fraction of sp³-hybridized carbons (Fsp3) is 0.345. The van der Waals surface area contributed by atoms with Crippen molar-refractivity contribution in [3.8, 4) is 6.07 Å². The van der Waals surface area contributed by atoms with E-state index in [-0.39, 0.29) is 34.3 Å². The molecule has 0 spiro atoms. The highest BCUT2D eigenvalue weighted by Crippen LogP contribution is 2.41. The molecule has 0 saturated heterocycles. The Morgan fingerprint density at radius 3 is 2.57 bits per heavy atom. The van der Waals surface area contributed by atoms with Crippen molar-refractivity contribution in [1.82, 2.24) is 10.6 Å². The van der Waals surface area contributed by atoms with E-state index in [4.69, 9.17) is 5.26 Å². The van der Waals surface area contributed by atoms with Gasteiger partial charge in [-0.2, -0.15) is 5.26 Å². The van der Waals surface area contributed by atoms with E-state index in [1.807, 2.05) is 26.8 Å². The van der Waals surface area contributed by atoms with Gasteiger partial charge in [0, 0.05) is 18.7 Å². The number of aryl methyl sites for hydroxylation is 2. The Labute approximate surface area is 216 Å². The first-order chi connectivity index (χ1) is 17.8. The lowest BCUT2D eigenvalue weighted by Crippen LogP contribution is -2.29. The van der Waals surface area contributed by atoms with Gasteiger partial charge in [0.15, 0.2) is 5.83 Å². The van der Waals surface area contributed by atoms with Gasteiger partial charge in [0.2, 0.25) is 0 Å². The van der Waals surface area contributed by atoms with Gasteiger partial charge >= 0.3 is 0 Å². The average Bonchev–Trinajstić information content (AvgIpc) is 2.88. The molecule has 2 aromatic carbocycles. The average molecular weight is 508 g/mol. The number of halogens is 3. The number of aliphatic imine (C=N–C) groups is 2. The number of hydrogen-bond donors (Lipinski definition) is 2. The van der Waals surface area contributed by atoms with Crippen LogP contribution in [0, 0.1) is 24.1 Å². The maximum atomic E-state index is 16.3. The summed E-state index contributed by atoms with van der Waals surface area (Å²) in [6, 6.07) is 8.31. The molecule has 1 atom stereocenters. The summed E-state index contributed by atoms with van der Waals surface area (Å²) in [6.07, 6.45) is 2.66. The summed E-state index contributed by atoms with van der Waals surface area (Å²) >= 11 is 0. The summed E-state index contributed by atoms with van der Waals surface area (Å²) in [5.41, 5.74) is 1.33. The molecule has 0 aromatic heterocycles. The SMILES string of the molecule is C=N/C(NCCC(C#N)NC)=C1/C=C(F)C(c2cc(C)cc3ccc(F)c(CC)c23)=C(F)/C1=N/CCC. The molecule has 194 valence electrons. The van der Waals surface area contributed by atoms with Crippen LogP contribution in [0.1, 0.15) is 43.4 Å². The Kier molecular flexibility index (Phi) is 9.42. The lowest BCUT2D eigenvalue weighted by Gasteiger charge is -2.22. The van der Waals surface area contributed by atoms with Crippen LogP contribution in [0.25, 0.3) is 16.3 Å². The molecule has 0 saturated carbocycles. The second kappa shape index (κ2) is 12.5. The third-order valence-corrected chi connectivity index (χ3v) is 6.26. The summed E-state index contributed by atoms with van der Waals surface area (Å²) in [4.78, 5) is 8.40. The molecule has 1 aliphatic carbocycles. The number of nitriles is 1. The van der Waals surface area contributed by atoms with Crippen LogP contribution in [0.15, 0.2) is 63.4 Å². The Morgan fingerprint density at radius 2 is 1.95 bits per heavy atom. The quantitative estimate of drug-likeness (QED) is 0.373. The smallest absolute Gasteiger partial charge is 0.159 e. The second-order valence-electron chi connectivity index (χ2n) is 8.81. The van der Waals surface area contributed by atoms with Gasteiger partial charge < -0.3 is 10.6 Å². The first-order valence-electron chi connectivity index (χ1n) is 12.4. The number of hydrogen-bond acceptors (Lipinski definition) is 5. The van der Waals surface area contributed by atoms with E-state index in [9.17, 15) is 4.39 Å². The van der Waals surface area contributed by atoms with Gasteiger partial charge in [-0.15, -0.1) is 0 Å². The molecule has 1 aliphatic rings. The minimum atomic E-state index is -0.838. The third kappa shape index (κ3) is 5.83. The van der Waals surface area contributed by atoms with Crippen LogP contribution in [0.3, 0.4) is 0 Å². The highest BCUT2D eigenvalue weighted by Gasteiger charge is 2.30. The maximum absolute atomic E-state index is 16.3. The molecule has 0 bridgehead atoms. The van der Waals surface area contributed by atoms with Crippen molar-refractivity contribution in [2.75, 3.05) is 20.1 Å². The standard InChI is InChI=1S/C29H32F3N5/c1-6-11-36-28-22(29(35-5)37-12-10-19(16-33)34-4)15-24(31)26(27(28)32)21-14-17(3)13-18-8-9-23(30)20(7-2)25(18)21/h8-9,13-15,19,34,37H,5-7,10-12H2,1-4H3/b29-22+,36-28+. The Hall–Kier alpha value is -3.70. The van der Waals surface area contributed by atoms with E-state index in [0.717, 1.165) is 5.56 Å². The van der Waals surface area contributed by atoms with Gasteiger partial charge in [-0.1, -0.05) is 32.0 Å². The van der Waals surface area contributed by atoms with Crippen LogP contribution in [0.2, 0.25) is 0 Å². The van der Waals surface area contributed by atoms with Crippen LogP contribution in [0.4, 0.5) is 13.2 Å². The first kappa shape index (κ1) is 27.9. The third-order valence-electron chi connectivity index (χ3n) is 6.26. The monoisotopic (exact) mass is 507 g/mol. The molecule has 1 unspecified atom stereocenters.